The van der Waals surface area contributed by atoms with Gasteiger partial charge in [-0.2, -0.15) is 0 Å². The lowest BCUT2D eigenvalue weighted by molar-refractivity contribution is -0.143. The average Bonchev–Trinajstić information content (AvgIpc) is 2.87. The SMILES string of the molecule is CC[C@H](C)NC(=O)[C@@H](Cc1ccccc1)N(Cc1ccccc1F)C(=O)COc1ccc(Cl)cc1. The van der Waals surface area contributed by atoms with Crippen LogP contribution in [-0.4, -0.2) is 35.4 Å². The summed E-state index contributed by atoms with van der Waals surface area (Å²) in [5.41, 5.74) is 1.21. The molecule has 0 bridgehead atoms. The van der Waals surface area contributed by atoms with Gasteiger partial charge in [0, 0.05) is 29.6 Å². The van der Waals surface area contributed by atoms with E-state index in [0.717, 1.165) is 12.0 Å². The van der Waals surface area contributed by atoms with Gasteiger partial charge in [0.05, 0.1) is 0 Å². The summed E-state index contributed by atoms with van der Waals surface area (Å²) in [5, 5.41) is 3.53. The topological polar surface area (TPSA) is 58.6 Å². The van der Waals surface area contributed by atoms with Crippen molar-refractivity contribution in [2.45, 2.75) is 45.3 Å². The minimum absolute atomic E-state index is 0.0685. The van der Waals surface area contributed by atoms with Crippen molar-refractivity contribution < 1.29 is 18.7 Å². The lowest BCUT2D eigenvalue weighted by atomic mass is 10.0. The molecule has 2 atom stereocenters. The van der Waals surface area contributed by atoms with E-state index in [2.05, 4.69) is 5.32 Å². The van der Waals surface area contributed by atoms with Gasteiger partial charge >= 0.3 is 0 Å². The number of carbonyl (C=O) groups excluding carboxylic acids is 2. The minimum Gasteiger partial charge on any atom is -0.484 e. The molecule has 0 unspecified atom stereocenters. The van der Waals surface area contributed by atoms with E-state index in [9.17, 15) is 14.0 Å². The van der Waals surface area contributed by atoms with Crippen molar-refractivity contribution in [3.8, 4) is 5.75 Å². The Balaban J connectivity index is 1.91. The van der Waals surface area contributed by atoms with Crippen LogP contribution in [0.3, 0.4) is 0 Å². The van der Waals surface area contributed by atoms with Crippen molar-refractivity contribution in [2.24, 2.45) is 0 Å². The van der Waals surface area contributed by atoms with Gasteiger partial charge in [0.25, 0.3) is 5.91 Å². The quantitative estimate of drug-likeness (QED) is 0.386. The van der Waals surface area contributed by atoms with Gasteiger partial charge in [0.2, 0.25) is 5.91 Å². The molecule has 0 saturated heterocycles. The summed E-state index contributed by atoms with van der Waals surface area (Å²) >= 11 is 5.93. The zero-order valence-electron chi connectivity index (χ0n) is 19.9. The van der Waals surface area contributed by atoms with Gasteiger partial charge in [-0.25, -0.2) is 4.39 Å². The molecular weight excluding hydrogens is 467 g/mol. The van der Waals surface area contributed by atoms with Crippen LogP contribution < -0.4 is 10.1 Å². The lowest BCUT2D eigenvalue weighted by Crippen LogP contribution is -2.53. The summed E-state index contributed by atoms with van der Waals surface area (Å²) in [4.78, 5) is 28.3. The van der Waals surface area contributed by atoms with Crippen molar-refractivity contribution in [1.29, 1.82) is 0 Å². The Bertz CT molecular complexity index is 1110. The predicted molar refractivity (Wildman–Crippen MR) is 136 cm³/mol. The second kappa shape index (κ2) is 12.9. The van der Waals surface area contributed by atoms with E-state index in [0.29, 0.717) is 16.3 Å². The van der Waals surface area contributed by atoms with E-state index in [4.69, 9.17) is 16.3 Å². The summed E-state index contributed by atoms with van der Waals surface area (Å²) in [5.74, 6) is -0.690. The van der Waals surface area contributed by atoms with Gasteiger partial charge in [-0.05, 0) is 49.2 Å². The van der Waals surface area contributed by atoms with Crippen molar-refractivity contribution in [2.75, 3.05) is 6.61 Å². The van der Waals surface area contributed by atoms with Gasteiger partial charge in [0.15, 0.2) is 6.61 Å². The van der Waals surface area contributed by atoms with E-state index in [1.54, 1.807) is 42.5 Å². The fraction of sp³-hybridized carbons (Fsp3) is 0.286. The molecule has 0 saturated carbocycles. The van der Waals surface area contributed by atoms with Gasteiger partial charge in [-0.3, -0.25) is 9.59 Å². The van der Waals surface area contributed by atoms with E-state index in [1.807, 2.05) is 44.2 Å². The number of halogens is 2. The fourth-order valence-corrected chi connectivity index (χ4v) is 3.69. The molecule has 0 heterocycles. The van der Waals surface area contributed by atoms with E-state index in [-0.39, 0.29) is 31.5 Å². The maximum absolute atomic E-state index is 14.6. The van der Waals surface area contributed by atoms with Crippen molar-refractivity contribution >= 4 is 23.4 Å². The minimum atomic E-state index is -0.854. The molecule has 184 valence electrons. The number of nitrogens with zero attached hydrogens (tertiary/aromatic N) is 1. The Labute approximate surface area is 210 Å². The molecule has 7 heteroatoms. The smallest absolute Gasteiger partial charge is 0.261 e. The van der Waals surface area contributed by atoms with E-state index >= 15 is 0 Å². The second-order valence-corrected chi connectivity index (χ2v) is 8.82. The van der Waals surface area contributed by atoms with Crippen LogP contribution >= 0.6 is 11.6 Å². The summed E-state index contributed by atoms with van der Waals surface area (Å²) in [6, 6.07) is 21.4. The Hall–Kier alpha value is -3.38. The van der Waals surface area contributed by atoms with Crippen molar-refractivity contribution in [3.63, 3.8) is 0 Å². The number of ether oxygens (including phenoxy) is 1. The Morgan fingerprint density at radius 1 is 1.00 bits per heavy atom. The fourth-order valence-electron chi connectivity index (χ4n) is 3.56. The third-order valence-electron chi connectivity index (χ3n) is 5.75. The van der Waals surface area contributed by atoms with E-state index in [1.165, 1.54) is 11.0 Å². The molecule has 35 heavy (non-hydrogen) atoms. The Morgan fingerprint density at radius 3 is 2.31 bits per heavy atom. The van der Waals surface area contributed by atoms with Crippen molar-refractivity contribution in [3.05, 3.63) is 101 Å². The number of carbonyl (C=O) groups is 2. The summed E-state index contributed by atoms with van der Waals surface area (Å²) in [7, 11) is 0. The molecule has 0 radical (unpaired) electrons. The first-order chi connectivity index (χ1) is 16.9. The number of benzene rings is 3. The van der Waals surface area contributed by atoms with Crippen LogP contribution in [0.2, 0.25) is 5.02 Å². The third-order valence-corrected chi connectivity index (χ3v) is 6.00. The highest BCUT2D eigenvalue weighted by Crippen LogP contribution is 2.19. The molecule has 2 amide bonds. The second-order valence-electron chi connectivity index (χ2n) is 8.38. The molecule has 0 aromatic heterocycles. The molecule has 0 aliphatic rings. The molecule has 3 aromatic rings. The highest BCUT2D eigenvalue weighted by atomic mass is 35.5. The largest absolute Gasteiger partial charge is 0.484 e. The molecule has 0 spiro atoms. The van der Waals surface area contributed by atoms with Crippen LogP contribution in [0.15, 0.2) is 78.9 Å². The third kappa shape index (κ3) is 7.82. The molecular formula is C28H30ClFN2O3. The van der Waals surface area contributed by atoms with Crippen LogP contribution in [0.5, 0.6) is 5.75 Å². The lowest BCUT2D eigenvalue weighted by Gasteiger charge is -2.32. The molecule has 0 aliphatic heterocycles. The molecule has 5 nitrogen and oxygen atoms in total. The molecule has 1 N–H and O–H groups in total. The van der Waals surface area contributed by atoms with Gasteiger partial charge < -0.3 is 15.0 Å². The summed E-state index contributed by atoms with van der Waals surface area (Å²) in [6.07, 6.45) is 1.02. The summed E-state index contributed by atoms with van der Waals surface area (Å²) < 4.78 is 20.3. The van der Waals surface area contributed by atoms with Gasteiger partial charge in [-0.1, -0.05) is 67.1 Å². The van der Waals surface area contributed by atoms with Crippen LogP contribution in [0, 0.1) is 5.82 Å². The molecule has 3 rings (SSSR count). The highest BCUT2D eigenvalue weighted by Gasteiger charge is 2.31. The number of nitrogens with one attached hydrogen (secondary N) is 1. The van der Waals surface area contributed by atoms with Crippen molar-refractivity contribution in [1.82, 2.24) is 10.2 Å². The molecule has 3 aromatic carbocycles. The first kappa shape index (κ1) is 26.2. The first-order valence-corrected chi connectivity index (χ1v) is 12.0. The van der Waals surface area contributed by atoms with Gasteiger partial charge in [-0.15, -0.1) is 0 Å². The van der Waals surface area contributed by atoms with Gasteiger partial charge in [0.1, 0.15) is 17.6 Å². The van der Waals surface area contributed by atoms with Crippen LogP contribution in [0.25, 0.3) is 0 Å². The maximum atomic E-state index is 14.6. The van der Waals surface area contributed by atoms with Crippen LogP contribution in [0.1, 0.15) is 31.4 Å². The average molecular weight is 497 g/mol. The zero-order valence-corrected chi connectivity index (χ0v) is 20.7. The number of amides is 2. The normalized spacial score (nSPS) is 12.5. The molecule has 0 fully saturated rings. The van der Waals surface area contributed by atoms with E-state index < -0.39 is 17.8 Å². The molecule has 0 aliphatic carbocycles. The standard InChI is InChI=1S/C28H30ClFN2O3/c1-3-20(2)31-28(34)26(17-21-9-5-4-6-10-21)32(18-22-11-7-8-12-25(22)30)27(33)19-35-24-15-13-23(29)14-16-24/h4-16,20,26H,3,17-19H2,1-2H3,(H,31,34)/t20-,26+/m0/s1. The Morgan fingerprint density at radius 2 is 1.66 bits per heavy atom. The highest BCUT2D eigenvalue weighted by molar-refractivity contribution is 6.30. The number of hydrogen-bond donors (Lipinski definition) is 1. The predicted octanol–water partition coefficient (Wildman–Crippen LogP) is 5.41. The number of rotatable bonds is 11. The Kier molecular flexibility index (Phi) is 9.67. The first-order valence-electron chi connectivity index (χ1n) is 11.6. The summed E-state index contributed by atoms with van der Waals surface area (Å²) in [6.45, 7) is 3.50. The zero-order chi connectivity index (χ0) is 25.2. The van der Waals surface area contributed by atoms with Crippen LogP contribution in [-0.2, 0) is 22.6 Å². The van der Waals surface area contributed by atoms with Crippen LogP contribution in [0.4, 0.5) is 4.39 Å². The monoisotopic (exact) mass is 496 g/mol. The number of hydrogen-bond acceptors (Lipinski definition) is 3. The maximum Gasteiger partial charge on any atom is 0.261 e.